The lowest BCUT2D eigenvalue weighted by atomic mass is 9.84. The number of ether oxygens (including phenoxy) is 2. The van der Waals surface area contributed by atoms with Crippen molar-refractivity contribution < 1.29 is 28.7 Å². The third kappa shape index (κ3) is 8.22. The van der Waals surface area contributed by atoms with Gasteiger partial charge in [0.2, 0.25) is 11.8 Å². The van der Waals surface area contributed by atoms with Gasteiger partial charge in [-0.15, -0.1) is 11.3 Å². The van der Waals surface area contributed by atoms with Crippen LogP contribution in [0.1, 0.15) is 89.6 Å². The number of benzene rings is 1. The summed E-state index contributed by atoms with van der Waals surface area (Å²) in [7, 11) is 1.69. The number of cyclic esters (lactones) is 1. The van der Waals surface area contributed by atoms with Crippen LogP contribution in [0.2, 0.25) is 0 Å². The van der Waals surface area contributed by atoms with Crippen molar-refractivity contribution in [1.29, 1.82) is 0 Å². The SMILES string of the molecule is CCn1c(-c2cccnc2C(C)OC)c2c3cc(ccc31)-c1csc(n1)CC(NC(=O)C(C(C)C)N1CCCC1=O)C(=O)N1CCC[C@H](N1)C(=O)OCC(C)(C)C2. The molecule has 2 fully saturated rings. The fourth-order valence-electron chi connectivity index (χ4n) is 8.59. The minimum absolute atomic E-state index is 0.0568. The van der Waals surface area contributed by atoms with E-state index in [0.717, 1.165) is 44.7 Å². The van der Waals surface area contributed by atoms with Crippen LogP contribution in [-0.2, 0) is 48.0 Å². The Kier molecular flexibility index (Phi) is 11.9. The number of carbonyl (C=O) groups excluding carboxylic acids is 4. The third-order valence-corrected chi connectivity index (χ3v) is 12.4. The second-order valence-electron chi connectivity index (χ2n) is 16.7. The molecule has 6 bridgehead atoms. The van der Waals surface area contributed by atoms with Crippen molar-refractivity contribution in [3.05, 3.63) is 58.2 Å². The van der Waals surface area contributed by atoms with E-state index < -0.39 is 29.5 Å². The number of nitrogens with one attached hydrogen (secondary N) is 2. The number of aromatic nitrogens is 3. The second-order valence-corrected chi connectivity index (χ2v) is 17.6. The van der Waals surface area contributed by atoms with Crippen LogP contribution in [0.15, 0.2) is 41.9 Å². The summed E-state index contributed by atoms with van der Waals surface area (Å²) in [5, 5.41) is 8.22. The maximum absolute atomic E-state index is 14.4. The summed E-state index contributed by atoms with van der Waals surface area (Å²) in [5.74, 6) is -1.40. The maximum Gasteiger partial charge on any atom is 0.324 e. The molecule has 7 rings (SSSR count). The molecular formula is C43H55N7O6S. The first-order valence-corrected chi connectivity index (χ1v) is 21.1. The standard InChI is InChI=1S/C43H55N7O6S/c1-8-48-34-16-15-27-20-29(34)30(39(48)28-12-9-17-44-37(28)26(4)55-7)22-43(5,6)24-56-42(54)31-13-10-19-50(47-31)41(53)32(21-35-45-33(27)23-57-35)46-40(52)38(25(2)3)49-18-11-14-36(49)51/h9,12,15-17,20,23,25-26,31-32,38,47H,8,10-11,13-14,18-19,21-22,24H2,1-7H3,(H,46,52)/t26?,31-,32?,38?/m0/s1. The number of hydrazine groups is 1. The van der Waals surface area contributed by atoms with Gasteiger partial charge in [0.15, 0.2) is 0 Å². The van der Waals surface area contributed by atoms with Crippen LogP contribution in [0.5, 0.6) is 0 Å². The van der Waals surface area contributed by atoms with Gasteiger partial charge in [-0.05, 0) is 75.3 Å². The van der Waals surface area contributed by atoms with Crippen LogP contribution < -0.4 is 10.7 Å². The largest absolute Gasteiger partial charge is 0.464 e. The Hall–Kier alpha value is -4.66. The van der Waals surface area contributed by atoms with Gasteiger partial charge in [0.25, 0.3) is 5.91 Å². The highest BCUT2D eigenvalue weighted by Crippen LogP contribution is 2.42. The van der Waals surface area contributed by atoms with Crippen LogP contribution in [-0.4, -0.2) is 93.1 Å². The molecule has 14 heteroatoms. The van der Waals surface area contributed by atoms with Gasteiger partial charge in [-0.25, -0.2) is 10.4 Å². The van der Waals surface area contributed by atoms with Crippen LogP contribution in [0.3, 0.4) is 0 Å². The molecule has 0 aliphatic carbocycles. The van der Waals surface area contributed by atoms with Gasteiger partial charge in [-0.1, -0.05) is 33.8 Å². The third-order valence-electron chi connectivity index (χ3n) is 11.5. The van der Waals surface area contributed by atoms with Crippen molar-refractivity contribution in [2.45, 2.75) is 111 Å². The molecule has 4 atom stereocenters. The van der Waals surface area contributed by atoms with Crippen molar-refractivity contribution in [3.63, 3.8) is 0 Å². The molecular weight excluding hydrogens is 743 g/mol. The predicted molar refractivity (Wildman–Crippen MR) is 219 cm³/mol. The highest BCUT2D eigenvalue weighted by Gasteiger charge is 2.39. The second kappa shape index (κ2) is 16.7. The van der Waals surface area contributed by atoms with Gasteiger partial charge < -0.3 is 24.3 Å². The molecule has 3 aromatic heterocycles. The van der Waals surface area contributed by atoms with Gasteiger partial charge in [0.1, 0.15) is 18.1 Å². The fraction of sp³-hybridized carbons (Fsp3) is 0.535. The minimum Gasteiger partial charge on any atom is -0.464 e. The van der Waals surface area contributed by atoms with E-state index in [-0.39, 0.29) is 42.8 Å². The lowest BCUT2D eigenvalue weighted by molar-refractivity contribution is -0.155. The molecule has 2 saturated heterocycles. The first-order chi connectivity index (χ1) is 27.3. The zero-order valence-electron chi connectivity index (χ0n) is 34.1. The molecule has 3 unspecified atom stereocenters. The van der Waals surface area contributed by atoms with Crippen LogP contribution in [0, 0.1) is 11.3 Å². The molecule has 3 amide bonds. The quantitative estimate of drug-likeness (QED) is 0.210. The molecule has 3 aliphatic rings. The number of amides is 3. The number of methoxy groups -OCH3 is 1. The van der Waals surface area contributed by atoms with Crippen molar-refractivity contribution in [2.75, 3.05) is 26.8 Å². The number of carbonyl (C=O) groups is 4. The van der Waals surface area contributed by atoms with Crippen LogP contribution >= 0.6 is 11.3 Å². The smallest absolute Gasteiger partial charge is 0.324 e. The fourth-order valence-corrected chi connectivity index (χ4v) is 9.44. The topological polar surface area (TPSA) is 148 Å². The van der Waals surface area contributed by atoms with E-state index in [4.69, 9.17) is 19.4 Å². The summed E-state index contributed by atoms with van der Waals surface area (Å²) in [4.78, 5) is 66.4. The monoisotopic (exact) mass is 797 g/mol. The molecule has 13 nitrogen and oxygen atoms in total. The summed E-state index contributed by atoms with van der Waals surface area (Å²) < 4.78 is 14.2. The maximum atomic E-state index is 14.4. The Bertz CT molecular complexity index is 2160. The van der Waals surface area contributed by atoms with Gasteiger partial charge >= 0.3 is 5.97 Å². The number of rotatable bonds is 8. The molecule has 57 heavy (non-hydrogen) atoms. The highest BCUT2D eigenvalue weighted by molar-refractivity contribution is 7.10. The van der Waals surface area contributed by atoms with Gasteiger partial charge in [-0.2, -0.15) is 0 Å². The number of aryl methyl sites for hydroxylation is 1. The Labute approximate surface area is 338 Å². The molecule has 4 aromatic rings. The summed E-state index contributed by atoms with van der Waals surface area (Å²) in [5.41, 5.74) is 9.44. The number of esters is 1. The van der Waals surface area contributed by atoms with Gasteiger partial charge in [-0.3, -0.25) is 29.2 Å². The molecule has 3 aliphatic heterocycles. The van der Waals surface area contributed by atoms with Crippen LogP contribution in [0.25, 0.3) is 33.4 Å². The molecule has 6 heterocycles. The lowest BCUT2D eigenvalue weighted by Crippen LogP contribution is -2.62. The predicted octanol–water partition coefficient (Wildman–Crippen LogP) is 5.85. The van der Waals surface area contributed by atoms with Crippen molar-refractivity contribution in [1.82, 2.24) is 35.2 Å². The van der Waals surface area contributed by atoms with E-state index in [1.165, 1.54) is 16.3 Å². The van der Waals surface area contributed by atoms with E-state index in [2.05, 4.69) is 60.3 Å². The summed E-state index contributed by atoms with van der Waals surface area (Å²) in [6.45, 7) is 13.9. The highest BCUT2D eigenvalue weighted by atomic mass is 32.1. The Morgan fingerprint density at radius 2 is 1.95 bits per heavy atom. The number of pyridine rings is 1. The first-order valence-electron chi connectivity index (χ1n) is 20.2. The van der Waals surface area contributed by atoms with Gasteiger partial charge in [0, 0.05) is 78.6 Å². The van der Waals surface area contributed by atoms with Crippen molar-refractivity contribution in [2.24, 2.45) is 11.3 Å². The molecule has 1 aromatic carbocycles. The van der Waals surface area contributed by atoms with Crippen molar-refractivity contribution >= 4 is 45.9 Å². The van der Waals surface area contributed by atoms with Crippen molar-refractivity contribution in [3.8, 4) is 22.5 Å². The minimum atomic E-state index is -0.992. The normalized spacial score (nSPS) is 21.4. The molecule has 2 N–H and O–H groups in total. The van der Waals surface area contributed by atoms with E-state index in [0.29, 0.717) is 56.7 Å². The Morgan fingerprint density at radius 1 is 1.14 bits per heavy atom. The van der Waals surface area contributed by atoms with Crippen LogP contribution in [0.4, 0.5) is 0 Å². The number of hydrogen-bond donors (Lipinski definition) is 2. The van der Waals surface area contributed by atoms with E-state index >= 15 is 0 Å². The first kappa shape index (κ1) is 40.5. The number of fused-ring (bicyclic) bond motifs is 6. The lowest BCUT2D eigenvalue weighted by Gasteiger charge is -2.36. The summed E-state index contributed by atoms with van der Waals surface area (Å²) >= 11 is 1.44. The van der Waals surface area contributed by atoms with E-state index in [1.807, 2.05) is 32.2 Å². The number of hydrogen-bond acceptors (Lipinski definition) is 10. The summed E-state index contributed by atoms with van der Waals surface area (Å²) in [6, 6.07) is 8.02. The Balaban J connectivity index is 1.33. The average Bonchev–Trinajstić information content (AvgIpc) is 3.92. The van der Waals surface area contributed by atoms with Gasteiger partial charge in [0.05, 0.1) is 34.8 Å². The number of likely N-dealkylation sites (tertiary alicyclic amines) is 1. The zero-order chi connectivity index (χ0) is 40.6. The average molecular weight is 798 g/mol. The zero-order valence-corrected chi connectivity index (χ0v) is 34.9. The molecule has 0 radical (unpaired) electrons. The molecule has 0 spiro atoms. The molecule has 304 valence electrons. The Morgan fingerprint density at radius 3 is 2.67 bits per heavy atom. The summed E-state index contributed by atoms with van der Waals surface area (Å²) in [6.07, 6.45) is 4.48. The van der Waals surface area contributed by atoms with E-state index in [1.54, 1.807) is 18.2 Å². The number of thiazole rings is 1. The van der Waals surface area contributed by atoms with E-state index in [9.17, 15) is 19.2 Å². The molecule has 0 saturated carbocycles. The number of nitrogens with zero attached hydrogens (tertiary/aromatic N) is 5.